The highest BCUT2D eigenvalue weighted by atomic mass is 14.0. The van der Waals surface area contributed by atoms with Crippen molar-refractivity contribution in [3.8, 4) is 0 Å². The summed E-state index contributed by atoms with van der Waals surface area (Å²) in [5, 5.41) is 0. The monoisotopic (exact) mass is 362 g/mol. The van der Waals surface area contributed by atoms with Gasteiger partial charge in [0.15, 0.2) is 0 Å². The van der Waals surface area contributed by atoms with Gasteiger partial charge in [-0.15, -0.1) is 0 Å². The number of rotatable bonds is 4. The third kappa shape index (κ3) is 6.28. The second-order valence-electron chi connectivity index (χ2n) is 7.03. The first kappa shape index (κ1) is 19.7. The molecule has 0 saturated heterocycles. The molecule has 1 aliphatic carbocycles. The Morgan fingerprint density at radius 3 is 1.93 bits per heavy atom. The molecule has 4 rings (SSSR count). The summed E-state index contributed by atoms with van der Waals surface area (Å²) >= 11 is 0. The molecule has 0 bridgehead atoms. The molecule has 0 amide bonds. The molecule has 0 aromatic heterocycles. The topological polar surface area (TPSA) is 0 Å². The van der Waals surface area contributed by atoms with E-state index in [0.717, 1.165) is 12.7 Å². The maximum absolute atomic E-state index is 2.35. The summed E-state index contributed by atoms with van der Waals surface area (Å²) in [6.07, 6.45) is 13.1. The van der Waals surface area contributed by atoms with Crippen LogP contribution in [0, 0.1) is 6.92 Å². The van der Waals surface area contributed by atoms with Crippen molar-refractivity contribution in [2.45, 2.75) is 19.7 Å². The lowest BCUT2D eigenvalue weighted by Crippen LogP contribution is -2.34. The first-order valence-electron chi connectivity index (χ1n) is 9.97. The Morgan fingerprint density at radius 2 is 1.32 bits per heavy atom. The zero-order chi connectivity index (χ0) is 19.4. The third-order valence-corrected chi connectivity index (χ3v) is 4.85. The molecular formula is C27H27B. The summed E-state index contributed by atoms with van der Waals surface area (Å²) in [5.41, 5.74) is 5.51. The first-order chi connectivity index (χ1) is 13.8. The lowest BCUT2D eigenvalue weighted by Gasteiger charge is -2.16. The quantitative estimate of drug-likeness (QED) is 0.489. The minimum atomic E-state index is 0.421. The van der Waals surface area contributed by atoms with E-state index in [9.17, 15) is 0 Å². The van der Waals surface area contributed by atoms with Crippen LogP contribution >= 0.6 is 0 Å². The molecule has 28 heavy (non-hydrogen) atoms. The molecule has 0 fully saturated rings. The highest BCUT2D eigenvalue weighted by Crippen LogP contribution is 2.14. The molecule has 3 aromatic carbocycles. The summed E-state index contributed by atoms with van der Waals surface area (Å²) in [5.74, 6) is 0. The van der Waals surface area contributed by atoms with Crippen molar-refractivity contribution in [2.75, 3.05) is 0 Å². The average molecular weight is 362 g/mol. The number of hydrogen-bond donors (Lipinski definition) is 0. The van der Waals surface area contributed by atoms with Crippen LogP contribution in [0.15, 0.2) is 127 Å². The Balaban J connectivity index is 0.000000271. The van der Waals surface area contributed by atoms with Crippen LogP contribution < -0.4 is 5.46 Å². The fraction of sp³-hybridized carbons (Fsp3) is 0.111. The molecule has 0 spiro atoms. The smallest absolute Gasteiger partial charge is 0.0858 e. The lowest BCUT2D eigenvalue weighted by molar-refractivity contribution is 1.34. The highest BCUT2D eigenvalue weighted by Gasteiger charge is 2.20. The standard InChI is InChI=1S/C20H19B.C7H8/c1-2-8-14-19(13-7-1)21(20-15-9-4-10-16-20)17-18-11-5-3-6-12-18;1-7-5-3-2-4-6-7/h1-7,9-16H,8,17H2;2-6H,1H3. The third-order valence-electron chi connectivity index (χ3n) is 4.85. The van der Waals surface area contributed by atoms with E-state index in [1.807, 2.05) is 18.2 Å². The van der Waals surface area contributed by atoms with Gasteiger partial charge < -0.3 is 0 Å². The zero-order valence-electron chi connectivity index (χ0n) is 16.5. The van der Waals surface area contributed by atoms with Crippen LogP contribution in [-0.2, 0) is 6.32 Å². The van der Waals surface area contributed by atoms with Gasteiger partial charge in [0.25, 0.3) is 0 Å². The van der Waals surface area contributed by atoms with Crippen LogP contribution in [0.2, 0.25) is 0 Å². The molecule has 0 nitrogen and oxygen atoms in total. The minimum Gasteiger partial charge on any atom is -0.0858 e. The van der Waals surface area contributed by atoms with Crippen LogP contribution in [0.3, 0.4) is 0 Å². The molecule has 0 radical (unpaired) electrons. The Morgan fingerprint density at radius 1 is 0.714 bits per heavy atom. The van der Waals surface area contributed by atoms with Gasteiger partial charge in [-0.2, -0.15) is 0 Å². The Kier molecular flexibility index (Phi) is 7.70. The van der Waals surface area contributed by atoms with E-state index in [0.29, 0.717) is 6.71 Å². The maximum Gasteiger partial charge on any atom is 0.213 e. The average Bonchev–Trinajstić information content (AvgIpc) is 3.04. The molecular weight excluding hydrogens is 335 g/mol. The summed E-state index contributed by atoms with van der Waals surface area (Å²) in [4.78, 5) is 0. The van der Waals surface area contributed by atoms with Gasteiger partial charge in [-0.1, -0.05) is 143 Å². The molecule has 3 aromatic rings. The van der Waals surface area contributed by atoms with Crippen molar-refractivity contribution in [3.63, 3.8) is 0 Å². The van der Waals surface area contributed by atoms with Crippen LogP contribution in [0.5, 0.6) is 0 Å². The van der Waals surface area contributed by atoms with Crippen LogP contribution in [0.25, 0.3) is 0 Å². The van der Waals surface area contributed by atoms with Crippen molar-refractivity contribution in [1.82, 2.24) is 0 Å². The molecule has 0 unspecified atom stereocenters. The lowest BCUT2D eigenvalue weighted by atomic mass is 9.37. The van der Waals surface area contributed by atoms with Gasteiger partial charge in [0.2, 0.25) is 6.71 Å². The minimum absolute atomic E-state index is 0.421. The second-order valence-corrected chi connectivity index (χ2v) is 7.03. The number of benzene rings is 3. The molecule has 0 N–H and O–H groups in total. The largest absolute Gasteiger partial charge is 0.213 e. The summed E-state index contributed by atoms with van der Waals surface area (Å²) in [6.45, 7) is 2.50. The normalized spacial score (nSPS) is 12.4. The van der Waals surface area contributed by atoms with E-state index in [2.05, 4.69) is 110 Å². The molecule has 1 aliphatic rings. The van der Waals surface area contributed by atoms with Gasteiger partial charge in [0.05, 0.1) is 0 Å². The van der Waals surface area contributed by atoms with Crippen LogP contribution in [0.4, 0.5) is 0 Å². The van der Waals surface area contributed by atoms with E-state index in [4.69, 9.17) is 0 Å². The van der Waals surface area contributed by atoms with E-state index < -0.39 is 0 Å². The SMILES string of the molecule is C1=CCC=C(B(Cc2ccccc2)c2ccccc2)C=C1.Cc1ccccc1. The van der Waals surface area contributed by atoms with Gasteiger partial charge in [0.1, 0.15) is 0 Å². The van der Waals surface area contributed by atoms with E-state index in [-0.39, 0.29) is 0 Å². The van der Waals surface area contributed by atoms with Crippen molar-refractivity contribution >= 4 is 12.2 Å². The molecule has 0 saturated carbocycles. The Bertz CT molecular complexity index is 906. The van der Waals surface area contributed by atoms with E-state index in [1.165, 1.54) is 22.1 Å². The van der Waals surface area contributed by atoms with E-state index >= 15 is 0 Å². The summed E-state index contributed by atoms with van der Waals surface area (Å²) < 4.78 is 0. The van der Waals surface area contributed by atoms with Crippen molar-refractivity contribution in [3.05, 3.63) is 138 Å². The van der Waals surface area contributed by atoms with Crippen molar-refractivity contribution < 1.29 is 0 Å². The molecule has 138 valence electrons. The summed E-state index contributed by atoms with van der Waals surface area (Å²) in [7, 11) is 0. The Hall–Kier alpha value is -3.06. The molecule has 0 atom stereocenters. The van der Waals surface area contributed by atoms with Gasteiger partial charge in [-0.3, -0.25) is 0 Å². The van der Waals surface area contributed by atoms with Crippen LogP contribution in [0.1, 0.15) is 17.5 Å². The predicted molar refractivity (Wildman–Crippen MR) is 124 cm³/mol. The molecule has 0 heterocycles. The molecule has 0 aliphatic heterocycles. The van der Waals surface area contributed by atoms with Gasteiger partial charge in [-0.25, -0.2) is 0 Å². The number of hydrogen-bond acceptors (Lipinski definition) is 0. The van der Waals surface area contributed by atoms with Gasteiger partial charge >= 0.3 is 0 Å². The van der Waals surface area contributed by atoms with Crippen molar-refractivity contribution in [2.24, 2.45) is 0 Å². The van der Waals surface area contributed by atoms with Gasteiger partial charge in [-0.05, 0) is 19.7 Å². The summed E-state index contributed by atoms with van der Waals surface area (Å²) in [6, 6.07) is 31.8. The highest BCUT2D eigenvalue weighted by molar-refractivity contribution is 6.80. The van der Waals surface area contributed by atoms with Crippen molar-refractivity contribution in [1.29, 1.82) is 0 Å². The Labute approximate surface area is 170 Å². The number of aryl methyl sites for hydroxylation is 1. The fourth-order valence-corrected chi connectivity index (χ4v) is 3.35. The fourth-order valence-electron chi connectivity index (χ4n) is 3.35. The van der Waals surface area contributed by atoms with Gasteiger partial charge in [0, 0.05) is 0 Å². The second kappa shape index (κ2) is 10.9. The zero-order valence-corrected chi connectivity index (χ0v) is 16.5. The molecule has 1 heteroatoms. The predicted octanol–water partition coefficient (Wildman–Crippen LogP) is 6.15. The first-order valence-corrected chi connectivity index (χ1v) is 9.97. The number of allylic oxidation sites excluding steroid dienone is 6. The van der Waals surface area contributed by atoms with E-state index in [1.54, 1.807) is 0 Å². The maximum atomic E-state index is 2.35. The van der Waals surface area contributed by atoms with Crippen LogP contribution in [-0.4, -0.2) is 6.71 Å².